The van der Waals surface area contributed by atoms with E-state index in [9.17, 15) is 8.78 Å². The Morgan fingerprint density at radius 3 is 2.46 bits per heavy atom. The highest BCUT2D eigenvalue weighted by atomic mass is 19.2. The van der Waals surface area contributed by atoms with Gasteiger partial charge in [0, 0.05) is 12.0 Å². The molecule has 26 heavy (non-hydrogen) atoms. The Balaban J connectivity index is 1.45. The van der Waals surface area contributed by atoms with E-state index in [0.717, 1.165) is 22.6 Å². The smallest absolute Gasteiger partial charge is 0.162 e. The molecule has 0 amide bonds. The molecule has 2 aliphatic rings. The lowest BCUT2D eigenvalue weighted by Crippen LogP contribution is -2.13. The van der Waals surface area contributed by atoms with Crippen molar-refractivity contribution in [2.75, 3.05) is 0 Å². The van der Waals surface area contributed by atoms with Gasteiger partial charge in [-0.15, -0.1) is 0 Å². The zero-order valence-electron chi connectivity index (χ0n) is 15.7. The van der Waals surface area contributed by atoms with E-state index < -0.39 is 11.6 Å². The van der Waals surface area contributed by atoms with Gasteiger partial charge in [-0.05, 0) is 65.8 Å². The third-order valence-corrected chi connectivity index (χ3v) is 6.52. The van der Waals surface area contributed by atoms with Crippen molar-refractivity contribution < 1.29 is 8.78 Å². The van der Waals surface area contributed by atoms with Gasteiger partial charge in [-0.25, -0.2) is 8.78 Å². The molecule has 0 spiro atoms. The Bertz CT molecular complexity index is 785. The molecule has 2 aliphatic carbocycles. The molecule has 0 saturated heterocycles. The first-order valence-electron chi connectivity index (χ1n) is 10.3. The number of unbranched alkanes of at least 4 members (excludes halogenated alkanes) is 2. The lowest BCUT2D eigenvalue weighted by molar-refractivity contribution is 0.303. The predicted molar refractivity (Wildman–Crippen MR) is 103 cm³/mol. The van der Waals surface area contributed by atoms with Gasteiger partial charge in [0.05, 0.1) is 0 Å². The van der Waals surface area contributed by atoms with Crippen molar-refractivity contribution in [3.05, 3.63) is 58.7 Å². The number of halogens is 2. The molecule has 0 radical (unpaired) electrons. The van der Waals surface area contributed by atoms with Crippen LogP contribution in [0.15, 0.2) is 30.3 Å². The van der Waals surface area contributed by atoms with Gasteiger partial charge in [-0.2, -0.15) is 0 Å². The van der Waals surface area contributed by atoms with Crippen LogP contribution in [0.3, 0.4) is 0 Å². The summed E-state index contributed by atoms with van der Waals surface area (Å²) in [7, 11) is 0. The van der Waals surface area contributed by atoms with Crippen molar-refractivity contribution >= 4 is 0 Å². The van der Waals surface area contributed by atoms with E-state index in [2.05, 4.69) is 25.1 Å². The molecule has 1 saturated carbocycles. The average molecular weight is 354 g/mol. The Kier molecular flexibility index (Phi) is 5.11. The van der Waals surface area contributed by atoms with E-state index >= 15 is 0 Å². The molecular weight excluding hydrogens is 326 g/mol. The fourth-order valence-electron chi connectivity index (χ4n) is 4.95. The maximum absolute atomic E-state index is 14.1. The van der Waals surface area contributed by atoms with Gasteiger partial charge in [-0.3, -0.25) is 0 Å². The summed E-state index contributed by atoms with van der Waals surface area (Å²) in [4.78, 5) is 0. The summed E-state index contributed by atoms with van der Waals surface area (Å²) >= 11 is 0. The molecule has 0 unspecified atom stereocenters. The number of fused-ring (bicyclic) bond motifs is 3. The number of rotatable bonds is 5. The lowest BCUT2D eigenvalue weighted by Gasteiger charge is -2.29. The summed E-state index contributed by atoms with van der Waals surface area (Å²) in [6.07, 6.45) is 11.2. The van der Waals surface area contributed by atoms with Gasteiger partial charge in [-0.1, -0.05) is 56.9 Å². The van der Waals surface area contributed by atoms with E-state index in [1.54, 1.807) is 6.07 Å². The summed E-state index contributed by atoms with van der Waals surface area (Å²) in [5.41, 5.74) is 5.02. The summed E-state index contributed by atoms with van der Waals surface area (Å²) < 4.78 is 27.7. The largest absolute Gasteiger partial charge is 0.204 e. The van der Waals surface area contributed by atoms with Crippen molar-refractivity contribution in [3.8, 4) is 11.1 Å². The highest BCUT2D eigenvalue weighted by Crippen LogP contribution is 2.42. The molecule has 0 atom stereocenters. The van der Waals surface area contributed by atoms with Crippen molar-refractivity contribution in [3.63, 3.8) is 0 Å². The van der Waals surface area contributed by atoms with Crippen LogP contribution in [0.2, 0.25) is 0 Å². The third kappa shape index (κ3) is 3.31. The maximum atomic E-state index is 14.1. The summed E-state index contributed by atoms with van der Waals surface area (Å²) in [6.45, 7) is 2.27. The second kappa shape index (κ2) is 7.50. The zero-order chi connectivity index (χ0) is 18.1. The molecular formula is C24H28F2. The van der Waals surface area contributed by atoms with Crippen molar-refractivity contribution in [1.82, 2.24) is 0 Å². The molecule has 0 N–H and O–H groups in total. The van der Waals surface area contributed by atoms with Crippen molar-refractivity contribution in [2.45, 2.75) is 70.6 Å². The molecule has 0 bridgehead atoms. The van der Waals surface area contributed by atoms with Crippen LogP contribution in [-0.2, 0) is 6.42 Å². The minimum Gasteiger partial charge on any atom is -0.204 e. The standard InChI is InChI=1S/C24H28F2/c1-2-3-4-5-16-6-8-17(9-7-16)18-10-11-20-19(14-18)15-22-21(20)12-13-23(25)24(22)26/h10-14,16-17H,2-9,15H2,1H3. The van der Waals surface area contributed by atoms with E-state index in [1.807, 2.05) is 0 Å². The highest BCUT2D eigenvalue weighted by molar-refractivity contribution is 5.77. The molecule has 1 fully saturated rings. The fraction of sp³-hybridized carbons (Fsp3) is 0.500. The monoisotopic (exact) mass is 354 g/mol. The van der Waals surface area contributed by atoms with Gasteiger partial charge in [0.2, 0.25) is 0 Å². The fourth-order valence-corrected chi connectivity index (χ4v) is 4.95. The molecule has 138 valence electrons. The normalized spacial score (nSPS) is 21.5. The van der Waals surface area contributed by atoms with Crippen LogP contribution in [0, 0.1) is 17.6 Å². The van der Waals surface area contributed by atoms with E-state index in [-0.39, 0.29) is 0 Å². The SMILES string of the molecule is CCCCCC1CCC(c2ccc3c(c2)Cc2c-3ccc(F)c2F)CC1. The average Bonchev–Trinajstić information content (AvgIpc) is 3.04. The van der Waals surface area contributed by atoms with Crippen LogP contribution in [-0.4, -0.2) is 0 Å². The molecule has 0 aromatic heterocycles. The van der Waals surface area contributed by atoms with Crippen molar-refractivity contribution in [1.29, 1.82) is 0 Å². The quantitative estimate of drug-likeness (QED) is 0.419. The second-order valence-corrected chi connectivity index (χ2v) is 8.19. The van der Waals surface area contributed by atoms with Crippen LogP contribution in [0.1, 0.15) is 80.9 Å². The summed E-state index contributed by atoms with van der Waals surface area (Å²) in [5.74, 6) is 0.132. The van der Waals surface area contributed by atoms with Gasteiger partial charge in [0.25, 0.3) is 0 Å². The molecule has 2 heteroatoms. The van der Waals surface area contributed by atoms with Gasteiger partial charge >= 0.3 is 0 Å². The maximum Gasteiger partial charge on any atom is 0.162 e. The Morgan fingerprint density at radius 1 is 0.923 bits per heavy atom. The van der Waals surface area contributed by atoms with Gasteiger partial charge in [0.15, 0.2) is 11.6 Å². The predicted octanol–water partition coefficient (Wildman–Crippen LogP) is 7.39. The third-order valence-electron chi connectivity index (χ3n) is 6.52. The van der Waals surface area contributed by atoms with Crippen molar-refractivity contribution in [2.24, 2.45) is 5.92 Å². The molecule has 2 aromatic rings. The first kappa shape index (κ1) is 17.7. The molecule has 0 heterocycles. The number of benzene rings is 2. The first-order chi connectivity index (χ1) is 12.7. The highest BCUT2D eigenvalue weighted by Gasteiger charge is 2.26. The Labute approximate surface area is 155 Å². The van der Waals surface area contributed by atoms with Gasteiger partial charge < -0.3 is 0 Å². The van der Waals surface area contributed by atoms with Crippen LogP contribution in [0.25, 0.3) is 11.1 Å². The Hall–Kier alpha value is -1.70. The van der Waals surface area contributed by atoms with Gasteiger partial charge in [0.1, 0.15) is 0 Å². The topological polar surface area (TPSA) is 0 Å². The molecule has 2 aromatic carbocycles. The second-order valence-electron chi connectivity index (χ2n) is 8.19. The number of hydrogen-bond acceptors (Lipinski definition) is 0. The number of hydrogen-bond donors (Lipinski definition) is 0. The van der Waals surface area contributed by atoms with E-state index in [0.29, 0.717) is 17.9 Å². The minimum atomic E-state index is -0.738. The lowest BCUT2D eigenvalue weighted by atomic mass is 9.76. The summed E-state index contributed by atoms with van der Waals surface area (Å²) in [6, 6.07) is 9.57. The van der Waals surface area contributed by atoms with Crippen LogP contribution >= 0.6 is 0 Å². The van der Waals surface area contributed by atoms with E-state index in [4.69, 9.17) is 0 Å². The van der Waals surface area contributed by atoms with E-state index in [1.165, 1.54) is 63.0 Å². The van der Waals surface area contributed by atoms with Crippen LogP contribution < -0.4 is 0 Å². The van der Waals surface area contributed by atoms with Crippen LogP contribution in [0.4, 0.5) is 8.78 Å². The molecule has 4 rings (SSSR count). The summed E-state index contributed by atoms with van der Waals surface area (Å²) in [5, 5.41) is 0. The zero-order valence-corrected chi connectivity index (χ0v) is 15.7. The first-order valence-corrected chi connectivity index (χ1v) is 10.3. The van der Waals surface area contributed by atoms with Crippen LogP contribution in [0.5, 0.6) is 0 Å². The minimum absolute atomic E-state index is 0.522. The molecule has 0 nitrogen and oxygen atoms in total. The Morgan fingerprint density at radius 2 is 1.69 bits per heavy atom. The molecule has 0 aliphatic heterocycles.